The van der Waals surface area contributed by atoms with E-state index in [1.165, 1.54) is 15.5 Å². The molecular weight excluding hydrogens is 216 g/mol. The van der Waals surface area contributed by atoms with Crippen LogP contribution in [0.1, 0.15) is 10.7 Å². The molecule has 2 heterocycles. The van der Waals surface area contributed by atoms with Crippen molar-refractivity contribution in [1.82, 2.24) is 10.1 Å². The third-order valence-corrected chi connectivity index (χ3v) is 3.71. The van der Waals surface area contributed by atoms with E-state index in [0.717, 1.165) is 0 Å². The van der Waals surface area contributed by atoms with Crippen LogP contribution in [0.5, 0.6) is 0 Å². The summed E-state index contributed by atoms with van der Waals surface area (Å²) in [4.78, 5) is 5.09. The maximum Gasteiger partial charge on any atom is 0.214 e. The third-order valence-electron chi connectivity index (χ3n) is 1.58. The van der Waals surface area contributed by atoms with Gasteiger partial charge in [-0.3, -0.25) is 0 Å². The largest absolute Gasteiger partial charge is 0.342 e. The van der Waals surface area contributed by atoms with Crippen LogP contribution in [0, 0.1) is 0 Å². The van der Waals surface area contributed by atoms with E-state index in [9.17, 15) is 0 Å². The summed E-state index contributed by atoms with van der Waals surface area (Å²) in [5.41, 5.74) is 0. The van der Waals surface area contributed by atoms with E-state index < -0.39 is 0 Å². The van der Waals surface area contributed by atoms with Crippen LogP contribution in [0.15, 0.2) is 27.3 Å². The van der Waals surface area contributed by atoms with Crippen molar-refractivity contribution in [2.24, 2.45) is 0 Å². The topological polar surface area (TPSA) is 38.9 Å². The molecule has 0 saturated carbocycles. The first-order chi connectivity index (χ1) is 6.88. The fourth-order valence-electron chi connectivity index (χ4n) is 0.942. The molecule has 5 heteroatoms. The van der Waals surface area contributed by atoms with Gasteiger partial charge in [-0.1, -0.05) is 5.16 Å². The SMILES string of the molecule is CSc1ccc(C=Cc2ncon2)s1. The third kappa shape index (κ3) is 2.24. The van der Waals surface area contributed by atoms with Crippen LogP contribution < -0.4 is 0 Å². The predicted octanol–water partition coefficient (Wildman–Crippen LogP) is 3.02. The van der Waals surface area contributed by atoms with Gasteiger partial charge in [0.1, 0.15) is 0 Å². The first-order valence-corrected chi connectivity index (χ1v) is 6.01. The lowest BCUT2D eigenvalue weighted by atomic mass is 10.4. The molecule has 0 atom stereocenters. The molecule has 0 N–H and O–H groups in total. The number of rotatable bonds is 3. The molecule has 0 spiro atoms. The normalized spacial score (nSPS) is 11.2. The summed E-state index contributed by atoms with van der Waals surface area (Å²) >= 11 is 3.49. The second-order valence-electron chi connectivity index (χ2n) is 2.48. The molecule has 0 aromatic carbocycles. The Bertz CT molecular complexity index is 420. The van der Waals surface area contributed by atoms with Crippen LogP contribution in [0.4, 0.5) is 0 Å². The number of thiophene rings is 1. The van der Waals surface area contributed by atoms with E-state index >= 15 is 0 Å². The van der Waals surface area contributed by atoms with Crippen LogP contribution in [0.25, 0.3) is 12.2 Å². The standard InChI is InChI=1S/C9H8N2OS2/c1-13-9-5-3-7(14-9)2-4-8-10-6-12-11-8/h2-6H,1H3. The molecule has 0 bridgehead atoms. The summed E-state index contributed by atoms with van der Waals surface area (Å²) in [6.07, 6.45) is 7.20. The maximum absolute atomic E-state index is 4.62. The van der Waals surface area contributed by atoms with Crippen molar-refractivity contribution in [3.8, 4) is 0 Å². The fourth-order valence-corrected chi connectivity index (χ4v) is 2.41. The maximum atomic E-state index is 4.62. The minimum atomic E-state index is 0.601. The average molecular weight is 224 g/mol. The summed E-state index contributed by atoms with van der Waals surface area (Å²) in [6, 6.07) is 4.18. The van der Waals surface area contributed by atoms with Crippen LogP contribution in [0.3, 0.4) is 0 Å². The number of hydrogen-bond acceptors (Lipinski definition) is 5. The van der Waals surface area contributed by atoms with Gasteiger partial charge in [0, 0.05) is 4.88 Å². The molecule has 0 unspecified atom stereocenters. The molecule has 72 valence electrons. The van der Waals surface area contributed by atoms with Gasteiger partial charge in [0.05, 0.1) is 4.21 Å². The Morgan fingerprint density at radius 3 is 3.00 bits per heavy atom. The Balaban J connectivity index is 2.10. The molecule has 0 amide bonds. The highest BCUT2D eigenvalue weighted by Gasteiger charge is 1.96. The number of aromatic nitrogens is 2. The predicted molar refractivity (Wildman–Crippen MR) is 59.3 cm³/mol. The average Bonchev–Trinajstić information content (AvgIpc) is 2.86. The summed E-state index contributed by atoms with van der Waals surface area (Å²) in [5.74, 6) is 0.601. The summed E-state index contributed by atoms with van der Waals surface area (Å²) < 4.78 is 5.92. The van der Waals surface area contributed by atoms with E-state index in [1.54, 1.807) is 23.1 Å². The molecule has 0 aliphatic heterocycles. The van der Waals surface area contributed by atoms with Gasteiger partial charge >= 0.3 is 0 Å². The Kier molecular flexibility index (Phi) is 3.00. The van der Waals surface area contributed by atoms with Gasteiger partial charge in [0.25, 0.3) is 0 Å². The summed E-state index contributed by atoms with van der Waals surface area (Å²) in [6.45, 7) is 0. The highest BCUT2D eigenvalue weighted by Crippen LogP contribution is 2.26. The second-order valence-corrected chi connectivity index (χ2v) is 4.71. The van der Waals surface area contributed by atoms with Gasteiger partial charge in [-0.25, -0.2) is 0 Å². The Hall–Kier alpha value is -1.07. The molecule has 0 aliphatic rings. The molecule has 0 radical (unpaired) electrons. The second kappa shape index (κ2) is 4.43. The molecule has 0 aliphatic carbocycles. The minimum Gasteiger partial charge on any atom is -0.342 e. The number of hydrogen-bond donors (Lipinski definition) is 0. The molecule has 0 fully saturated rings. The highest BCUT2D eigenvalue weighted by atomic mass is 32.2. The monoisotopic (exact) mass is 224 g/mol. The molecule has 14 heavy (non-hydrogen) atoms. The highest BCUT2D eigenvalue weighted by molar-refractivity contribution is 8.00. The van der Waals surface area contributed by atoms with Crippen molar-refractivity contribution < 1.29 is 4.52 Å². The quantitative estimate of drug-likeness (QED) is 0.751. The van der Waals surface area contributed by atoms with Crippen molar-refractivity contribution >= 4 is 35.3 Å². The van der Waals surface area contributed by atoms with Crippen LogP contribution in [0.2, 0.25) is 0 Å². The van der Waals surface area contributed by atoms with E-state index in [2.05, 4.69) is 33.1 Å². The van der Waals surface area contributed by atoms with Crippen LogP contribution in [-0.4, -0.2) is 16.4 Å². The zero-order valence-corrected chi connectivity index (χ0v) is 9.14. The Labute approximate surface area is 89.8 Å². The zero-order valence-electron chi connectivity index (χ0n) is 7.51. The molecular formula is C9H8N2OS2. The van der Waals surface area contributed by atoms with Crippen molar-refractivity contribution in [1.29, 1.82) is 0 Å². The molecule has 0 saturated heterocycles. The Morgan fingerprint density at radius 2 is 2.36 bits per heavy atom. The molecule has 3 nitrogen and oxygen atoms in total. The van der Waals surface area contributed by atoms with E-state index in [0.29, 0.717) is 5.82 Å². The lowest BCUT2D eigenvalue weighted by molar-refractivity contribution is 0.415. The van der Waals surface area contributed by atoms with E-state index in [1.807, 2.05) is 12.2 Å². The van der Waals surface area contributed by atoms with Gasteiger partial charge in [0.15, 0.2) is 5.82 Å². The van der Waals surface area contributed by atoms with Gasteiger partial charge in [-0.2, -0.15) is 4.98 Å². The van der Waals surface area contributed by atoms with Crippen LogP contribution in [-0.2, 0) is 0 Å². The van der Waals surface area contributed by atoms with E-state index in [-0.39, 0.29) is 0 Å². The first-order valence-electron chi connectivity index (χ1n) is 3.97. The first kappa shape index (κ1) is 9.48. The van der Waals surface area contributed by atoms with Gasteiger partial charge in [-0.05, 0) is 30.5 Å². The van der Waals surface area contributed by atoms with Crippen molar-refractivity contribution in [2.45, 2.75) is 4.21 Å². The van der Waals surface area contributed by atoms with Gasteiger partial charge in [-0.15, -0.1) is 23.1 Å². The minimum absolute atomic E-state index is 0.601. The number of thioether (sulfide) groups is 1. The molecule has 2 aromatic heterocycles. The van der Waals surface area contributed by atoms with Crippen LogP contribution >= 0.6 is 23.1 Å². The zero-order chi connectivity index (χ0) is 9.80. The van der Waals surface area contributed by atoms with E-state index in [4.69, 9.17) is 0 Å². The summed E-state index contributed by atoms with van der Waals surface area (Å²) in [5, 5.41) is 3.68. The van der Waals surface area contributed by atoms with Crippen molar-refractivity contribution in [3.05, 3.63) is 29.2 Å². The van der Waals surface area contributed by atoms with Gasteiger partial charge < -0.3 is 4.52 Å². The molecule has 2 aromatic rings. The smallest absolute Gasteiger partial charge is 0.214 e. The fraction of sp³-hybridized carbons (Fsp3) is 0.111. The lowest BCUT2D eigenvalue weighted by Gasteiger charge is -1.83. The van der Waals surface area contributed by atoms with Crippen molar-refractivity contribution in [2.75, 3.05) is 6.26 Å². The lowest BCUT2D eigenvalue weighted by Crippen LogP contribution is -1.71. The number of nitrogens with zero attached hydrogens (tertiary/aromatic N) is 2. The van der Waals surface area contributed by atoms with Gasteiger partial charge in [0.2, 0.25) is 6.39 Å². The van der Waals surface area contributed by atoms with Crippen molar-refractivity contribution in [3.63, 3.8) is 0 Å². The molecule has 2 rings (SSSR count). The summed E-state index contributed by atoms with van der Waals surface area (Å²) in [7, 11) is 0. The Morgan fingerprint density at radius 1 is 1.43 bits per heavy atom.